The van der Waals surface area contributed by atoms with Crippen molar-refractivity contribution in [2.24, 2.45) is 0 Å². The second kappa shape index (κ2) is 5.84. The zero-order valence-electron chi connectivity index (χ0n) is 12.3. The summed E-state index contributed by atoms with van der Waals surface area (Å²) in [6.45, 7) is 0.625. The zero-order valence-corrected chi connectivity index (χ0v) is 13.1. The van der Waals surface area contributed by atoms with Crippen LogP contribution in [0.5, 0.6) is 5.88 Å². The molecule has 0 N–H and O–H groups in total. The van der Waals surface area contributed by atoms with E-state index in [9.17, 15) is 9.59 Å². The lowest BCUT2D eigenvalue weighted by Crippen LogP contribution is -2.29. The lowest BCUT2D eigenvalue weighted by molar-refractivity contribution is 0.0726. The first-order valence-electron chi connectivity index (χ1n) is 6.80. The molecule has 1 aliphatic heterocycles. The van der Waals surface area contributed by atoms with Crippen LogP contribution in [0.1, 0.15) is 10.4 Å². The minimum atomic E-state index is -0.524. The molecule has 0 fully saturated rings. The van der Waals surface area contributed by atoms with E-state index >= 15 is 0 Å². The van der Waals surface area contributed by atoms with Crippen molar-refractivity contribution in [1.29, 1.82) is 0 Å². The van der Waals surface area contributed by atoms with Crippen molar-refractivity contribution in [2.75, 3.05) is 24.7 Å². The van der Waals surface area contributed by atoms with Gasteiger partial charge in [0.15, 0.2) is 10.8 Å². The van der Waals surface area contributed by atoms with E-state index in [0.29, 0.717) is 17.3 Å². The van der Waals surface area contributed by atoms with Crippen molar-refractivity contribution in [3.05, 3.63) is 46.2 Å². The Balaban J connectivity index is 2.02. The van der Waals surface area contributed by atoms with Crippen molar-refractivity contribution in [2.45, 2.75) is 11.7 Å². The highest BCUT2D eigenvalue weighted by atomic mass is 32.2. The standard InChI is InChI=1S/C15H15N3O3S/c1-17(2)11-12(16-15-18(13(11)19)8-9-22-15)21-14(20)10-6-4-3-5-7-10/h3-7H,8-9H2,1-2H3. The second-order valence-electron chi connectivity index (χ2n) is 5.00. The molecule has 0 unspecified atom stereocenters. The van der Waals surface area contributed by atoms with Gasteiger partial charge in [-0.25, -0.2) is 4.79 Å². The van der Waals surface area contributed by atoms with E-state index in [4.69, 9.17) is 4.74 Å². The number of carbonyl (C=O) groups excluding carboxylic acids is 1. The lowest BCUT2D eigenvalue weighted by Gasteiger charge is -2.17. The van der Waals surface area contributed by atoms with E-state index in [0.717, 1.165) is 5.75 Å². The van der Waals surface area contributed by atoms with Crippen LogP contribution in [0.4, 0.5) is 5.69 Å². The molecule has 6 nitrogen and oxygen atoms in total. The van der Waals surface area contributed by atoms with E-state index in [2.05, 4.69) is 4.98 Å². The van der Waals surface area contributed by atoms with Crippen molar-refractivity contribution < 1.29 is 9.53 Å². The Kier molecular flexibility index (Phi) is 3.89. The predicted octanol–water partition coefficient (Wildman–Crippen LogP) is 1.63. The number of fused-ring (bicyclic) bond motifs is 1. The summed E-state index contributed by atoms with van der Waals surface area (Å²) in [5.41, 5.74) is 0.522. The topological polar surface area (TPSA) is 64.4 Å². The quantitative estimate of drug-likeness (QED) is 0.633. The maximum atomic E-state index is 12.5. The zero-order chi connectivity index (χ0) is 15.7. The smallest absolute Gasteiger partial charge is 0.344 e. The highest BCUT2D eigenvalue weighted by Gasteiger charge is 2.24. The third kappa shape index (κ3) is 2.59. The summed E-state index contributed by atoms with van der Waals surface area (Å²) < 4.78 is 6.99. The van der Waals surface area contributed by atoms with Crippen molar-refractivity contribution >= 4 is 23.4 Å². The van der Waals surface area contributed by atoms with Gasteiger partial charge in [-0.2, -0.15) is 4.98 Å². The average Bonchev–Trinajstić information content (AvgIpc) is 2.96. The Morgan fingerprint density at radius 2 is 2.05 bits per heavy atom. The average molecular weight is 317 g/mol. The van der Waals surface area contributed by atoms with Gasteiger partial charge in [-0.3, -0.25) is 9.36 Å². The van der Waals surface area contributed by atoms with Crippen LogP contribution in [0, 0.1) is 0 Å². The number of nitrogens with zero attached hydrogens (tertiary/aromatic N) is 3. The minimum absolute atomic E-state index is 0.0597. The van der Waals surface area contributed by atoms with Crippen LogP contribution < -0.4 is 15.2 Å². The number of esters is 1. The van der Waals surface area contributed by atoms with Crippen LogP contribution >= 0.6 is 11.8 Å². The summed E-state index contributed by atoms with van der Waals surface area (Å²) in [4.78, 5) is 30.7. The Hall–Kier alpha value is -2.28. The monoisotopic (exact) mass is 317 g/mol. The summed E-state index contributed by atoms with van der Waals surface area (Å²) in [6, 6.07) is 8.65. The van der Waals surface area contributed by atoms with Crippen LogP contribution in [0.25, 0.3) is 0 Å². The third-order valence-electron chi connectivity index (χ3n) is 3.27. The molecule has 114 valence electrons. The summed E-state index contributed by atoms with van der Waals surface area (Å²) in [6.07, 6.45) is 0. The van der Waals surface area contributed by atoms with Crippen molar-refractivity contribution in [3.63, 3.8) is 0 Å². The number of anilines is 1. The number of ether oxygens (including phenoxy) is 1. The number of thioether (sulfide) groups is 1. The van der Waals surface area contributed by atoms with E-state index < -0.39 is 5.97 Å². The van der Waals surface area contributed by atoms with Gasteiger partial charge in [0.05, 0.1) is 5.56 Å². The first-order chi connectivity index (χ1) is 10.6. The number of aromatic nitrogens is 2. The van der Waals surface area contributed by atoms with Crippen LogP contribution in [-0.2, 0) is 6.54 Å². The normalized spacial score (nSPS) is 12.8. The molecule has 0 spiro atoms. The lowest BCUT2D eigenvalue weighted by atomic mass is 10.2. The van der Waals surface area contributed by atoms with Crippen molar-refractivity contribution in [3.8, 4) is 5.88 Å². The SMILES string of the molecule is CN(C)c1c(OC(=O)c2ccccc2)nc2n(c1=O)CCS2. The molecule has 0 radical (unpaired) electrons. The molecule has 2 heterocycles. The first kappa shape index (κ1) is 14.6. The molecule has 0 amide bonds. The molecule has 0 atom stereocenters. The highest BCUT2D eigenvalue weighted by Crippen LogP contribution is 2.29. The van der Waals surface area contributed by atoms with Gasteiger partial charge < -0.3 is 9.64 Å². The summed E-state index contributed by atoms with van der Waals surface area (Å²) in [7, 11) is 3.46. The molecular formula is C15H15N3O3S. The molecule has 22 heavy (non-hydrogen) atoms. The fraction of sp³-hybridized carbons (Fsp3) is 0.267. The number of benzene rings is 1. The Labute approximate surface area is 131 Å². The van der Waals surface area contributed by atoms with Crippen LogP contribution in [0.2, 0.25) is 0 Å². The molecule has 3 rings (SSSR count). The molecular weight excluding hydrogens is 302 g/mol. The van der Waals surface area contributed by atoms with E-state index in [1.54, 1.807) is 47.8 Å². The highest BCUT2D eigenvalue weighted by molar-refractivity contribution is 7.99. The number of carbonyl (C=O) groups is 1. The Bertz CT molecular complexity index is 772. The van der Waals surface area contributed by atoms with Gasteiger partial charge >= 0.3 is 5.97 Å². The maximum Gasteiger partial charge on any atom is 0.344 e. The van der Waals surface area contributed by atoms with E-state index in [1.807, 2.05) is 6.07 Å². The first-order valence-corrected chi connectivity index (χ1v) is 7.78. The largest absolute Gasteiger partial charge is 0.401 e. The van der Waals surface area contributed by atoms with Gasteiger partial charge in [0.2, 0.25) is 0 Å². The summed E-state index contributed by atoms with van der Waals surface area (Å²) >= 11 is 1.48. The van der Waals surface area contributed by atoms with Crippen molar-refractivity contribution in [1.82, 2.24) is 9.55 Å². The fourth-order valence-electron chi connectivity index (χ4n) is 2.22. The molecule has 1 aromatic carbocycles. The number of rotatable bonds is 3. The maximum absolute atomic E-state index is 12.5. The molecule has 0 aliphatic carbocycles. The number of hydrogen-bond acceptors (Lipinski definition) is 6. The van der Waals surface area contributed by atoms with Gasteiger partial charge in [-0.05, 0) is 12.1 Å². The number of hydrogen-bond donors (Lipinski definition) is 0. The predicted molar refractivity (Wildman–Crippen MR) is 84.9 cm³/mol. The summed E-state index contributed by atoms with van der Waals surface area (Å²) in [5.74, 6) is 0.332. The van der Waals surface area contributed by atoms with Gasteiger partial charge in [0.25, 0.3) is 11.4 Å². The van der Waals surface area contributed by atoms with Gasteiger partial charge in [0, 0.05) is 26.4 Å². The molecule has 0 bridgehead atoms. The van der Waals surface area contributed by atoms with Crippen LogP contribution in [0.15, 0.2) is 40.3 Å². The molecule has 0 saturated heterocycles. The van der Waals surface area contributed by atoms with Crippen LogP contribution in [0.3, 0.4) is 0 Å². The molecule has 7 heteroatoms. The fourth-order valence-corrected chi connectivity index (χ4v) is 3.15. The van der Waals surface area contributed by atoms with Gasteiger partial charge in [0.1, 0.15) is 0 Å². The van der Waals surface area contributed by atoms with Gasteiger partial charge in [-0.15, -0.1) is 0 Å². The Morgan fingerprint density at radius 3 is 2.73 bits per heavy atom. The molecule has 1 aliphatic rings. The third-order valence-corrected chi connectivity index (χ3v) is 4.23. The molecule has 0 saturated carbocycles. The minimum Gasteiger partial charge on any atom is -0.401 e. The molecule has 2 aromatic rings. The Morgan fingerprint density at radius 1 is 1.32 bits per heavy atom. The second-order valence-corrected chi connectivity index (χ2v) is 6.07. The van der Waals surface area contributed by atoms with E-state index in [-0.39, 0.29) is 17.1 Å². The summed E-state index contributed by atoms with van der Waals surface area (Å²) in [5, 5.41) is 0.589. The molecule has 1 aromatic heterocycles. The van der Waals surface area contributed by atoms with Crippen LogP contribution in [-0.4, -0.2) is 35.4 Å². The van der Waals surface area contributed by atoms with Gasteiger partial charge in [-0.1, -0.05) is 30.0 Å². The van der Waals surface area contributed by atoms with E-state index in [1.165, 1.54) is 11.8 Å².